The van der Waals surface area contributed by atoms with Gasteiger partial charge >= 0.3 is 0 Å². The van der Waals surface area contributed by atoms with Crippen LogP contribution in [-0.4, -0.2) is 13.1 Å². The minimum Gasteiger partial charge on any atom is -0.397 e. The highest BCUT2D eigenvalue weighted by atomic mass is 79.9. The standard InChI is InChI=1S/C15H21BrN2/c16-12-5-6-14(13(17)9-12)18-10-15(11-18)7-3-1-2-4-8-15/h5-6,9H,1-4,7-8,10-11,17H2. The van der Waals surface area contributed by atoms with Gasteiger partial charge in [0.05, 0.1) is 11.4 Å². The molecule has 3 heteroatoms. The number of hydrogen-bond donors (Lipinski definition) is 1. The summed E-state index contributed by atoms with van der Waals surface area (Å²) in [6.45, 7) is 2.41. The van der Waals surface area contributed by atoms with Gasteiger partial charge in [0.2, 0.25) is 0 Å². The van der Waals surface area contributed by atoms with E-state index in [1.807, 2.05) is 6.07 Å². The van der Waals surface area contributed by atoms with Gasteiger partial charge in [-0.1, -0.05) is 41.6 Å². The summed E-state index contributed by atoms with van der Waals surface area (Å²) in [5.74, 6) is 0. The molecule has 1 heterocycles. The SMILES string of the molecule is Nc1cc(Br)ccc1N1CC2(CCCCCC2)C1. The summed E-state index contributed by atoms with van der Waals surface area (Å²) >= 11 is 3.47. The van der Waals surface area contributed by atoms with Gasteiger partial charge in [-0.25, -0.2) is 0 Å². The molecule has 1 saturated carbocycles. The van der Waals surface area contributed by atoms with Crippen molar-refractivity contribution in [3.8, 4) is 0 Å². The summed E-state index contributed by atoms with van der Waals surface area (Å²) in [6.07, 6.45) is 8.54. The Morgan fingerprint density at radius 3 is 2.33 bits per heavy atom. The van der Waals surface area contributed by atoms with Crippen molar-refractivity contribution < 1.29 is 0 Å². The van der Waals surface area contributed by atoms with Crippen LogP contribution in [0.25, 0.3) is 0 Å². The number of nitrogen functional groups attached to an aromatic ring is 1. The van der Waals surface area contributed by atoms with Gasteiger partial charge in [0, 0.05) is 23.0 Å². The number of nitrogens with two attached hydrogens (primary N) is 1. The molecule has 1 aromatic carbocycles. The second-order valence-corrected chi connectivity index (χ2v) is 6.89. The molecule has 2 N–H and O–H groups in total. The summed E-state index contributed by atoms with van der Waals surface area (Å²) in [6, 6.07) is 6.24. The molecule has 0 bridgehead atoms. The van der Waals surface area contributed by atoms with Crippen LogP contribution in [0.5, 0.6) is 0 Å². The van der Waals surface area contributed by atoms with Crippen molar-refractivity contribution in [1.82, 2.24) is 0 Å². The maximum absolute atomic E-state index is 6.11. The maximum Gasteiger partial charge on any atom is 0.0601 e. The number of benzene rings is 1. The third kappa shape index (κ3) is 2.25. The summed E-state index contributed by atoms with van der Waals surface area (Å²) < 4.78 is 1.06. The fourth-order valence-corrected chi connectivity index (χ4v) is 3.92. The van der Waals surface area contributed by atoms with Crippen molar-refractivity contribution in [3.63, 3.8) is 0 Å². The number of nitrogens with zero attached hydrogens (tertiary/aromatic N) is 1. The fourth-order valence-electron chi connectivity index (χ4n) is 3.54. The first-order chi connectivity index (χ1) is 8.69. The van der Waals surface area contributed by atoms with E-state index in [2.05, 4.69) is 33.0 Å². The van der Waals surface area contributed by atoms with Crippen LogP contribution in [0.15, 0.2) is 22.7 Å². The summed E-state index contributed by atoms with van der Waals surface area (Å²) in [7, 11) is 0. The highest BCUT2D eigenvalue weighted by Gasteiger charge is 2.42. The molecule has 1 saturated heterocycles. The zero-order valence-corrected chi connectivity index (χ0v) is 12.4. The van der Waals surface area contributed by atoms with E-state index in [1.54, 1.807) is 0 Å². The van der Waals surface area contributed by atoms with Crippen molar-refractivity contribution in [1.29, 1.82) is 0 Å². The molecule has 1 aliphatic carbocycles. The molecular weight excluding hydrogens is 288 g/mol. The van der Waals surface area contributed by atoms with E-state index in [0.717, 1.165) is 10.2 Å². The molecule has 98 valence electrons. The van der Waals surface area contributed by atoms with Crippen LogP contribution in [0.2, 0.25) is 0 Å². The summed E-state index contributed by atoms with van der Waals surface area (Å²) in [5.41, 5.74) is 8.83. The average molecular weight is 309 g/mol. The third-order valence-electron chi connectivity index (χ3n) is 4.55. The normalized spacial score (nSPS) is 22.6. The Hall–Kier alpha value is -0.700. The number of rotatable bonds is 1. The van der Waals surface area contributed by atoms with Crippen molar-refractivity contribution in [3.05, 3.63) is 22.7 Å². The van der Waals surface area contributed by atoms with Crippen molar-refractivity contribution in [2.75, 3.05) is 23.7 Å². The van der Waals surface area contributed by atoms with Crippen molar-refractivity contribution in [2.24, 2.45) is 5.41 Å². The molecule has 2 aliphatic rings. The number of anilines is 2. The summed E-state index contributed by atoms with van der Waals surface area (Å²) in [5, 5.41) is 0. The van der Waals surface area contributed by atoms with Gasteiger partial charge in [-0.2, -0.15) is 0 Å². The highest BCUT2D eigenvalue weighted by molar-refractivity contribution is 9.10. The van der Waals surface area contributed by atoms with E-state index in [4.69, 9.17) is 5.73 Å². The molecule has 0 aromatic heterocycles. The van der Waals surface area contributed by atoms with Gasteiger partial charge in [0.25, 0.3) is 0 Å². The Labute approximate surface area is 118 Å². The van der Waals surface area contributed by atoms with Crippen molar-refractivity contribution >= 4 is 27.3 Å². The molecule has 0 unspecified atom stereocenters. The Morgan fingerprint density at radius 2 is 1.72 bits per heavy atom. The zero-order chi connectivity index (χ0) is 12.6. The van der Waals surface area contributed by atoms with Gasteiger partial charge in [0.15, 0.2) is 0 Å². The Balaban J connectivity index is 1.70. The molecule has 0 amide bonds. The van der Waals surface area contributed by atoms with Crippen LogP contribution in [-0.2, 0) is 0 Å². The number of halogens is 1. The predicted octanol–water partition coefficient (Wildman–Crippen LogP) is 4.19. The monoisotopic (exact) mass is 308 g/mol. The Kier molecular flexibility index (Phi) is 3.27. The minimum absolute atomic E-state index is 0.607. The quantitative estimate of drug-likeness (QED) is 0.788. The Morgan fingerprint density at radius 1 is 1.06 bits per heavy atom. The molecular formula is C15H21BrN2. The van der Waals surface area contributed by atoms with E-state index in [-0.39, 0.29) is 0 Å². The van der Waals surface area contributed by atoms with E-state index < -0.39 is 0 Å². The van der Waals surface area contributed by atoms with E-state index in [9.17, 15) is 0 Å². The molecule has 0 atom stereocenters. The maximum atomic E-state index is 6.11. The van der Waals surface area contributed by atoms with Crippen LogP contribution >= 0.6 is 15.9 Å². The molecule has 18 heavy (non-hydrogen) atoms. The first-order valence-corrected chi connectivity index (χ1v) is 7.78. The third-order valence-corrected chi connectivity index (χ3v) is 5.04. The molecule has 1 aliphatic heterocycles. The van der Waals surface area contributed by atoms with Crippen LogP contribution in [0.4, 0.5) is 11.4 Å². The van der Waals surface area contributed by atoms with Crippen LogP contribution < -0.4 is 10.6 Å². The lowest BCUT2D eigenvalue weighted by molar-refractivity contribution is 0.181. The first-order valence-electron chi connectivity index (χ1n) is 6.99. The van der Waals surface area contributed by atoms with Crippen LogP contribution in [0.3, 0.4) is 0 Å². The highest BCUT2D eigenvalue weighted by Crippen LogP contribution is 2.45. The van der Waals surface area contributed by atoms with Crippen LogP contribution in [0, 0.1) is 5.41 Å². The zero-order valence-electron chi connectivity index (χ0n) is 10.8. The molecule has 2 nitrogen and oxygen atoms in total. The minimum atomic E-state index is 0.607. The van der Waals surface area contributed by atoms with E-state index in [1.165, 1.54) is 57.3 Å². The lowest BCUT2D eigenvalue weighted by atomic mass is 9.73. The lowest BCUT2D eigenvalue weighted by Crippen LogP contribution is -2.56. The van der Waals surface area contributed by atoms with E-state index >= 15 is 0 Å². The second kappa shape index (κ2) is 4.76. The summed E-state index contributed by atoms with van der Waals surface area (Å²) in [4.78, 5) is 2.45. The van der Waals surface area contributed by atoms with E-state index in [0.29, 0.717) is 5.41 Å². The van der Waals surface area contributed by atoms with Crippen molar-refractivity contribution in [2.45, 2.75) is 38.5 Å². The van der Waals surface area contributed by atoms with Gasteiger partial charge < -0.3 is 10.6 Å². The fraction of sp³-hybridized carbons (Fsp3) is 0.600. The molecule has 1 aromatic rings. The first kappa shape index (κ1) is 12.3. The second-order valence-electron chi connectivity index (χ2n) is 5.97. The molecule has 1 spiro atoms. The predicted molar refractivity (Wildman–Crippen MR) is 80.9 cm³/mol. The largest absolute Gasteiger partial charge is 0.397 e. The molecule has 2 fully saturated rings. The van der Waals surface area contributed by atoms with Gasteiger partial charge in [-0.15, -0.1) is 0 Å². The topological polar surface area (TPSA) is 29.3 Å². The Bertz CT molecular complexity index is 428. The van der Waals surface area contributed by atoms with Gasteiger partial charge in [0.1, 0.15) is 0 Å². The number of hydrogen-bond acceptors (Lipinski definition) is 2. The lowest BCUT2D eigenvalue weighted by Gasteiger charge is -2.52. The average Bonchev–Trinajstić information content (AvgIpc) is 2.53. The van der Waals surface area contributed by atoms with Gasteiger partial charge in [-0.3, -0.25) is 0 Å². The van der Waals surface area contributed by atoms with Crippen LogP contribution in [0.1, 0.15) is 38.5 Å². The molecule has 3 rings (SSSR count). The van der Waals surface area contributed by atoms with Gasteiger partial charge in [-0.05, 0) is 31.0 Å². The smallest absolute Gasteiger partial charge is 0.0601 e. The molecule has 0 radical (unpaired) electrons.